The van der Waals surface area contributed by atoms with Crippen LogP contribution in [0.25, 0.3) is 0 Å². The van der Waals surface area contributed by atoms with Crippen LogP contribution in [-0.4, -0.2) is 36.1 Å². The second-order valence-corrected chi connectivity index (χ2v) is 8.94. The Kier molecular flexibility index (Phi) is 8.97. The third-order valence-electron chi connectivity index (χ3n) is 2.95. The van der Waals surface area contributed by atoms with Crippen molar-refractivity contribution in [3.8, 4) is 0 Å². The van der Waals surface area contributed by atoms with E-state index in [2.05, 4.69) is 0 Å². The molecule has 0 fully saturated rings. The molecule has 0 atom stereocenters. The van der Waals surface area contributed by atoms with Crippen LogP contribution in [0.1, 0.15) is 38.5 Å². The predicted molar refractivity (Wildman–Crippen MR) is 67.5 cm³/mol. The number of hydrogen-bond acceptors (Lipinski definition) is 3. The second-order valence-electron chi connectivity index (χ2n) is 4.49. The van der Waals surface area contributed by atoms with E-state index in [-0.39, 0.29) is 0 Å². The minimum absolute atomic E-state index is 0.602. The molecule has 0 saturated carbocycles. The van der Waals surface area contributed by atoms with E-state index in [0.29, 0.717) is 4.25 Å². The Morgan fingerprint density at radius 1 is 0.714 bits per heavy atom. The van der Waals surface area contributed by atoms with Gasteiger partial charge in [0.1, 0.15) is 0 Å². The summed E-state index contributed by atoms with van der Waals surface area (Å²) in [5, 5.41) is 0. The van der Waals surface area contributed by atoms with Crippen molar-refractivity contribution in [3.05, 3.63) is 0 Å². The van der Waals surface area contributed by atoms with Gasteiger partial charge in [0.15, 0.2) is 0 Å². The van der Waals surface area contributed by atoms with E-state index in [1.165, 1.54) is 19.3 Å². The standard InChI is InChI=1S/C10H27GeN3/c11-10(4-1-7-12,5-2-8-13)6-3-9-14/h1-9,12-14H2,11H3. The summed E-state index contributed by atoms with van der Waals surface area (Å²) in [6.07, 6.45) is 7.38. The predicted octanol–water partition coefficient (Wildman–Crippen LogP) is -0.273. The zero-order valence-electron chi connectivity index (χ0n) is 9.60. The first kappa shape index (κ1) is 14.4. The van der Waals surface area contributed by atoms with Crippen molar-refractivity contribution in [1.29, 1.82) is 0 Å². The van der Waals surface area contributed by atoms with Crippen molar-refractivity contribution in [2.24, 2.45) is 17.2 Å². The molecule has 86 valence electrons. The fourth-order valence-electron chi connectivity index (χ4n) is 1.96. The Morgan fingerprint density at radius 3 is 1.21 bits per heavy atom. The average Bonchev–Trinajstić information content (AvgIpc) is 2.21. The van der Waals surface area contributed by atoms with Gasteiger partial charge in [-0.1, -0.05) is 0 Å². The normalized spacial score (nSPS) is 12.2. The number of rotatable bonds is 9. The molecule has 3 nitrogen and oxygen atoms in total. The van der Waals surface area contributed by atoms with Crippen molar-refractivity contribution in [2.75, 3.05) is 19.6 Å². The molecule has 0 aromatic heterocycles. The number of nitrogens with two attached hydrogens (primary N) is 3. The zero-order chi connectivity index (χ0) is 10.9. The van der Waals surface area contributed by atoms with Crippen molar-refractivity contribution in [1.82, 2.24) is 0 Å². The summed E-state index contributed by atoms with van der Waals surface area (Å²) in [6, 6.07) is 0. The van der Waals surface area contributed by atoms with Gasteiger partial charge in [-0.05, 0) is 0 Å². The molecule has 0 heterocycles. The Balaban J connectivity index is 3.89. The molecule has 0 aliphatic carbocycles. The molecule has 0 aliphatic heterocycles. The van der Waals surface area contributed by atoms with Gasteiger partial charge in [-0.15, -0.1) is 0 Å². The molecular formula is C10H27GeN3. The van der Waals surface area contributed by atoms with Gasteiger partial charge in [-0.2, -0.15) is 0 Å². The zero-order valence-corrected chi connectivity index (χ0v) is 13.8. The minimum atomic E-state index is 0.602. The maximum atomic E-state index is 5.56. The quantitative estimate of drug-likeness (QED) is 0.500. The molecule has 0 unspecified atom stereocenters. The monoisotopic (exact) mass is 263 g/mol. The summed E-state index contributed by atoms with van der Waals surface area (Å²) < 4.78 is 0.602. The van der Waals surface area contributed by atoms with E-state index >= 15 is 0 Å². The molecule has 0 aliphatic rings. The van der Waals surface area contributed by atoms with E-state index in [1.54, 1.807) is 0 Å². The van der Waals surface area contributed by atoms with Crippen molar-refractivity contribution in [3.63, 3.8) is 0 Å². The van der Waals surface area contributed by atoms with Crippen molar-refractivity contribution >= 4 is 16.5 Å². The fraction of sp³-hybridized carbons (Fsp3) is 1.00. The van der Waals surface area contributed by atoms with Crippen LogP contribution in [0.3, 0.4) is 0 Å². The van der Waals surface area contributed by atoms with Crippen molar-refractivity contribution in [2.45, 2.75) is 42.8 Å². The van der Waals surface area contributed by atoms with E-state index in [1.807, 2.05) is 0 Å². The molecule has 6 N–H and O–H groups in total. The fourth-order valence-corrected chi connectivity index (χ4v) is 4.19. The van der Waals surface area contributed by atoms with Gasteiger partial charge < -0.3 is 0 Å². The van der Waals surface area contributed by atoms with Gasteiger partial charge in [-0.3, -0.25) is 0 Å². The summed E-state index contributed by atoms with van der Waals surface area (Å²) in [7, 11) is 0. The topological polar surface area (TPSA) is 78.1 Å². The van der Waals surface area contributed by atoms with E-state index < -0.39 is 0 Å². The van der Waals surface area contributed by atoms with E-state index in [9.17, 15) is 0 Å². The molecule has 0 radical (unpaired) electrons. The summed E-state index contributed by atoms with van der Waals surface area (Å²) >= 11 is 0.861. The molecule has 0 saturated heterocycles. The third kappa shape index (κ3) is 6.81. The average molecular weight is 262 g/mol. The second kappa shape index (κ2) is 8.71. The van der Waals surface area contributed by atoms with Gasteiger partial charge in [0.2, 0.25) is 0 Å². The Bertz CT molecular complexity index is 109. The molecule has 14 heavy (non-hydrogen) atoms. The Hall–Kier alpha value is 0.423. The molecule has 4 heteroatoms. The first-order valence-electron chi connectivity index (χ1n) is 5.79. The van der Waals surface area contributed by atoms with Gasteiger partial charge in [0, 0.05) is 0 Å². The van der Waals surface area contributed by atoms with Gasteiger partial charge >= 0.3 is 96.1 Å². The Morgan fingerprint density at radius 2 is 1.00 bits per heavy atom. The van der Waals surface area contributed by atoms with Crippen LogP contribution in [0.15, 0.2) is 0 Å². The third-order valence-corrected chi connectivity index (χ3v) is 6.10. The van der Waals surface area contributed by atoms with E-state index in [0.717, 1.165) is 55.4 Å². The van der Waals surface area contributed by atoms with Crippen LogP contribution in [0.5, 0.6) is 0 Å². The molecule has 0 bridgehead atoms. The van der Waals surface area contributed by atoms with Crippen LogP contribution in [0.2, 0.25) is 4.25 Å². The van der Waals surface area contributed by atoms with E-state index in [4.69, 9.17) is 17.2 Å². The SMILES string of the molecule is NCCC[C]([GeH3])(CCCN)CCCN. The molecule has 0 spiro atoms. The Labute approximate surface area is 96.4 Å². The maximum absolute atomic E-state index is 5.56. The van der Waals surface area contributed by atoms with Gasteiger partial charge in [0.05, 0.1) is 0 Å². The molecule has 0 aromatic rings. The number of hydrogen-bond donors (Lipinski definition) is 3. The van der Waals surface area contributed by atoms with Gasteiger partial charge in [0.25, 0.3) is 0 Å². The summed E-state index contributed by atoms with van der Waals surface area (Å²) in [5.74, 6) is 0. The summed E-state index contributed by atoms with van der Waals surface area (Å²) in [6.45, 7) is 2.47. The molecule has 0 rings (SSSR count). The first-order chi connectivity index (χ1) is 6.68. The summed E-state index contributed by atoms with van der Waals surface area (Å²) in [4.78, 5) is 0. The molecule has 0 aromatic carbocycles. The molecule has 0 amide bonds. The summed E-state index contributed by atoms with van der Waals surface area (Å²) in [5.41, 5.74) is 16.7. The van der Waals surface area contributed by atoms with Crippen molar-refractivity contribution < 1.29 is 0 Å². The van der Waals surface area contributed by atoms with Crippen LogP contribution in [0, 0.1) is 0 Å². The molecular weight excluding hydrogens is 235 g/mol. The van der Waals surface area contributed by atoms with Crippen LogP contribution >= 0.6 is 0 Å². The van der Waals surface area contributed by atoms with Crippen LogP contribution in [-0.2, 0) is 0 Å². The van der Waals surface area contributed by atoms with Gasteiger partial charge in [-0.25, -0.2) is 0 Å². The first-order valence-corrected chi connectivity index (χ1v) is 7.88. The van der Waals surface area contributed by atoms with Crippen LogP contribution < -0.4 is 17.2 Å². The van der Waals surface area contributed by atoms with Crippen LogP contribution in [0.4, 0.5) is 0 Å².